The third kappa shape index (κ3) is 5.94. The van der Waals surface area contributed by atoms with Crippen molar-refractivity contribution in [3.8, 4) is 0 Å². The van der Waals surface area contributed by atoms with Crippen molar-refractivity contribution in [3.05, 3.63) is 0 Å². The number of alkyl halides is 1. The maximum Gasteiger partial charge on any atom is 0.360 e. The van der Waals surface area contributed by atoms with Crippen LogP contribution in [0.25, 0.3) is 0 Å². The molecule has 5 atom stereocenters. The normalized spacial score (nSPS) is 31.6. The van der Waals surface area contributed by atoms with Crippen LogP contribution in [-0.2, 0) is 42.9 Å². The summed E-state index contributed by atoms with van der Waals surface area (Å²) in [7, 11) is 0. The third-order valence-electron chi connectivity index (χ3n) is 3.00. The average Bonchev–Trinajstić information content (AvgIpc) is 2.42. The first-order chi connectivity index (χ1) is 11.4. The lowest BCUT2D eigenvalue weighted by Gasteiger charge is -2.44. The minimum absolute atomic E-state index is 0.621. The highest BCUT2D eigenvalue weighted by Gasteiger charge is 2.60. The van der Waals surface area contributed by atoms with E-state index in [2.05, 4.69) is 9.47 Å². The number of carbonyl (C=O) groups excluding carboxylic acids is 4. The van der Waals surface area contributed by atoms with Gasteiger partial charge in [-0.25, -0.2) is 0 Å². The quantitative estimate of drug-likeness (QED) is 0.494. The Kier molecular flexibility index (Phi) is 6.82. The Morgan fingerprint density at radius 3 is 1.84 bits per heavy atom. The highest BCUT2D eigenvalue weighted by molar-refractivity contribution is 5.68. The number of hydrogen-bond acceptors (Lipinski definition) is 10. The van der Waals surface area contributed by atoms with Gasteiger partial charge in [-0.2, -0.15) is 4.39 Å². The maximum atomic E-state index is 14.5. The van der Waals surface area contributed by atoms with Crippen LogP contribution in [0.3, 0.4) is 0 Å². The maximum absolute atomic E-state index is 14.5. The first kappa shape index (κ1) is 20.8. The van der Waals surface area contributed by atoms with Crippen molar-refractivity contribution in [1.82, 2.24) is 0 Å². The lowest BCUT2D eigenvalue weighted by atomic mass is 9.97. The Labute approximate surface area is 142 Å². The minimum Gasteiger partial charge on any atom is -0.463 e. The molecule has 0 amide bonds. The van der Waals surface area contributed by atoms with Gasteiger partial charge in [0, 0.05) is 27.7 Å². The summed E-state index contributed by atoms with van der Waals surface area (Å²) in [5, 5.41) is 9.82. The molecule has 11 heteroatoms. The summed E-state index contributed by atoms with van der Waals surface area (Å²) in [6.45, 7) is 3.36. The van der Waals surface area contributed by atoms with Gasteiger partial charge in [0.2, 0.25) is 6.10 Å². The van der Waals surface area contributed by atoms with Gasteiger partial charge < -0.3 is 28.8 Å². The molecular formula is C14H19FO10. The molecule has 0 saturated carbocycles. The van der Waals surface area contributed by atoms with E-state index in [4.69, 9.17) is 14.2 Å². The molecule has 0 aromatic rings. The summed E-state index contributed by atoms with van der Waals surface area (Å²) >= 11 is 0. The topological polar surface area (TPSA) is 135 Å². The summed E-state index contributed by atoms with van der Waals surface area (Å²) in [5.41, 5.74) is 0. The van der Waals surface area contributed by atoms with Gasteiger partial charge in [0.1, 0.15) is 12.7 Å². The third-order valence-corrected chi connectivity index (χ3v) is 3.00. The molecule has 1 saturated heterocycles. The van der Waals surface area contributed by atoms with Crippen molar-refractivity contribution < 1.29 is 52.4 Å². The average molecular weight is 366 g/mol. The molecule has 1 aliphatic heterocycles. The number of aliphatic hydroxyl groups is 1. The zero-order chi connectivity index (χ0) is 19.4. The van der Waals surface area contributed by atoms with Crippen LogP contribution in [0.2, 0.25) is 0 Å². The molecule has 0 aromatic heterocycles. The van der Waals surface area contributed by atoms with Crippen LogP contribution in [0.1, 0.15) is 27.7 Å². The van der Waals surface area contributed by atoms with E-state index in [1.165, 1.54) is 0 Å². The van der Waals surface area contributed by atoms with Crippen molar-refractivity contribution in [3.63, 3.8) is 0 Å². The van der Waals surface area contributed by atoms with E-state index in [1.54, 1.807) is 0 Å². The van der Waals surface area contributed by atoms with Gasteiger partial charge in [-0.05, 0) is 0 Å². The molecular weight excluding hydrogens is 347 g/mol. The first-order valence-corrected chi connectivity index (χ1v) is 7.18. The summed E-state index contributed by atoms with van der Waals surface area (Å²) in [4.78, 5) is 44.8. The molecule has 1 fully saturated rings. The molecule has 142 valence electrons. The fourth-order valence-electron chi connectivity index (χ4n) is 2.23. The summed E-state index contributed by atoms with van der Waals surface area (Å²) in [5.74, 6) is -3.55. The number of rotatable bonds is 5. The lowest BCUT2D eigenvalue weighted by Crippen LogP contribution is -2.66. The van der Waals surface area contributed by atoms with Gasteiger partial charge >= 0.3 is 29.9 Å². The van der Waals surface area contributed by atoms with Gasteiger partial charge in [-0.15, -0.1) is 0 Å². The molecule has 0 aromatic carbocycles. The number of hydrogen-bond donors (Lipinski definition) is 1. The number of esters is 4. The monoisotopic (exact) mass is 366 g/mol. The standard InChI is InChI=1S/C14H19FO10/c1-6(16)21-5-10-11(22-7(2)17)12(23-8(3)18)13(24-9(4)19)14(15,20)25-10/h10-13,20H,5H2,1-4H3/t10-,11-,12+,13-,14-/m1/s1. The van der Waals surface area contributed by atoms with E-state index in [0.29, 0.717) is 0 Å². The predicted molar refractivity (Wildman–Crippen MR) is 74.2 cm³/mol. The number of carbonyl (C=O) groups is 4. The first-order valence-electron chi connectivity index (χ1n) is 7.18. The smallest absolute Gasteiger partial charge is 0.360 e. The highest BCUT2D eigenvalue weighted by Crippen LogP contribution is 2.35. The molecule has 0 bridgehead atoms. The predicted octanol–water partition coefficient (Wildman–Crippen LogP) is -0.641. The van der Waals surface area contributed by atoms with Crippen molar-refractivity contribution in [1.29, 1.82) is 0 Å². The molecule has 0 unspecified atom stereocenters. The molecule has 1 rings (SSSR count). The van der Waals surface area contributed by atoms with Crippen molar-refractivity contribution >= 4 is 23.9 Å². The van der Waals surface area contributed by atoms with Crippen LogP contribution in [0.5, 0.6) is 0 Å². The molecule has 25 heavy (non-hydrogen) atoms. The molecule has 1 N–H and O–H groups in total. The Balaban J connectivity index is 3.24. The molecule has 1 aliphatic rings. The van der Waals surface area contributed by atoms with Crippen LogP contribution in [0, 0.1) is 0 Å². The van der Waals surface area contributed by atoms with E-state index >= 15 is 0 Å². The molecule has 10 nitrogen and oxygen atoms in total. The summed E-state index contributed by atoms with van der Waals surface area (Å²) in [6.07, 6.45) is -6.92. The molecule has 0 aliphatic carbocycles. The Hall–Kier alpha value is -2.27. The van der Waals surface area contributed by atoms with Crippen LogP contribution in [0.15, 0.2) is 0 Å². The molecule has 1 heterocycles. The Bertz CT molecular complexity index is 546. The number of ether oxygens (including phenoxy) is 5. The van der Waals surface area contributed by atoms with Gasteiger partial charge in [0.05, 0.1) is 0 Å². The fourth-order valence-corrected chi connectivity index (χ4v) is 2.23. The van der Waals surface area contributed by atoms with Gasteiger partial charge in [-0.3, -0.25) is 19.2 Å². The van der Waals surface area contributed by atoms with Gasteiger partial charge in [-0.1, -0.05) is 0 Å². The zero-order valence-electron chi connectivity index (χ0n) is 14.0. The van der Waals surface area contributed by atoms with Crippen molar-refractivity contribution in [2.75, 3.05) is 6.61 Å². The fraction of sp³-hybridized carbons (Fsp3) is 0.714. The van der Waals surface area contributed by atoms with E-state index in [1.807, 2.05) is 0 Å². The lowest BCUT2D eigenvalue weighted by molar-refractivity contribution is -0.403. The molecule has 0 spiro atoms. The van der Waals surface area contributed by atoms with Gasteiger partial charge in [0.15, 0.2) is 12.2 Å². The van der Waals surface area contributed by atoms with E-state index < -0.39 is 60.9 Å². The van der Waals surface area contributed by atoms with Crippen LogP contribution in [0.4, 0.5) is 4.39 Å². The largest absolute Gasteiger partial charge is 0.463 e. The van der Waals surface area contributed by atoms with E-state index in [-0.39, 0.29) is 0 Å². The van der Waals surface area contributed by atoms with E-state index in [9.17, 15) is 28.7 Å². The zero-order valence-corrected chi connectivity index (χ0v) is 14.0. The highest BCUT2D eigenvalue weighted by atomic mass is 19.2. The summed E-state index contributed by atoms with van der Waals surface area (Å²) < 4.78 is 38.3. The number of halogens is 1. The van der Waals surface area contributed by atoms with Crippen LogP contribution >= 0.6 is 0 Å². The molecule has 0 radical (unpaired) electrons. The van der Waals surface area contributed by atoms with Gasteiger partial charge in [0.25, 0.3) is 0 Å². The second-order valence-corrected chi connectivity index (χ2v) is 5.25. The van der Waals surface area contributed by atoms with Crippen molar-refractivity contribution in [2.45, 2.75) is 58.2 Å². The second kappa shape index (κ2) is 8.21. The van der Waals surface area contributed by atoms with Crippen molar-refractivity contribution in [2.24, 2.45) is 0 Å². The second-order valence-electron chi connectivity index (χ2n) is 5.25. The minimum atomic E-state index is -3.59. The Morgan fingerprint density at radius 2 is 1.40 bits per heavy atom. The SMILES string of the molecule is CC(=O)OC[C@H]1O[C@@](O)(F)[C@H](OC(C)=O)[C@@H](OC(C)=O)[C@@H]1OC(C)=O. The van der Waals surface area contributed by atoms with Crippen LogP contribution in [-0.4, -0.2) is 66.0 Å². The summed E-state index contributed by atoms with van der Waals surface area (Å²) in [6, 6.07) is -3.59. The Morgan fingerprint density at radius 1 is 0.920 bits per heavy atom. The van der Waals surface area contributed by atoms with Crippen LogP contribution < -0.4 is 0 Å². The van der Waals surface area contributed by atoms with E-state index in [0.717, 1.165) is 27.7 Å².